The maximum atomic E-state index is 13.1. The van der Waals surface area contributed by atoms with Crippen molar-refractivity contribution in [2.75, 3.05) is 19.5 Å². The number of aromatic nitrogens is 2. The molecular formula is C30H27N3O4. The lowest BCUT2D eigenvalue weighted by atomic mass is 10.0. The van der Waals surface area contributed by atoms with Crippen LogP contribution in [0, 0.1) is 0 Å². The normalized spacial score (nSPS) is 11.1. The van der Waals surface area contributed by atoms with Gasteiger partial charge in [-0.2, -0.15) is 0 Å². The summed E-state index contributed by atoms with van der Waals surface area (Å²) in [4.78, 5) is 21.9. The first-order valence-electron chi connectivity index (χ1n) is 12.0. The molecule has 0 spiro atoms. The Labute approximate surface area is 215 Å². The number of benzene rings is 3. The standard InChI is InChI=1S/C30H27N3O4/c1-18(2)25-11-8-20(17-32-25)33-30(34)23-7-5-6-19-14-21(9-10-22(19)23)37-27-12-13-31-26-16-29(36-4)28(35-3)15-24(26)27/h5-18H,1-4H3,(H,33,34). The van der Waals surface area contributed by atoms with Crippen molar-refractivity contribution in [3.8, 4) is 23.0 Å². The van der Waals surface area contributed by atoms with Crippen molar-refractivity contribution in [2.45, 2.75) is 19.8 Å². The molecule has 2 aromatic heterocycles. The van der Waals surface area contributed by atoms with Gasteiger partial charge in [0.15, 0.2) is 11.5 Å². The molecule has 0 aliphatic heterocycles. The second-order valence-electron chi connectivity index (χ2n) is 8.90. The van der Waals surface area contributed by atoms with E-state index in [9.17, 15) is 4.79 Å². The molecule has 0 aliphatic rings. The first kappa shape index (κ1) is 24.1. The van der Waals surface area contributed by atoms with Crippen LogP contribution in [-0.2, 0) is 0 Å². The quantitative estimate of drug-likeness (QED) is 0.264. The van der Waals surface area contributed by atoms with Crippen LogP contribution in [0.25, 0.3) is 21.7 Å². The second-order valence-corrected chi connectivity index (χ2v) is 8.90. The monoisotopic (exact) mass is 493 g/mol. The van der Waals surface area contributed by atoms with E-state index in [1.165, 1.54) is 0 Å². The number of carbonyl (C=O) groups is 1. The second kappa shape index (κ2) is 10.1. The van der Waals surface area contributed by atoms with Gasteiger partial charge >= 0.3 is 0 Å². The highest BCUT2D eigenvalue weighted by Gasteiger charge is 2.14. The first-order valence-corrected chi connectivity index (χ1v) is 12.0. The molecule has 0 saturated carbocycles. The Morgan fingerprint density at radius 3 is 2.38 bits per heavy atom. The van der Waals surface area contributed by atoms with Gasteiger partial charge in [-0.25, -0.2) is 0 Å². The molecule has 5 aromatic rings. The number of pyridine rings is 2. The average molecular weight is 494 g/mol. The van der Waals surface area contributed by atoms with Crippen LogP contribution in [0.1, 0.15) is 35.8 Å². The van der Waals surface area contributed by atoms with E-state index in [-0.39, 0.29) is 5.91 Å². The molecule has 0 aliphatic carbocycles. The van der Waals surface area contributed by atoms with E-state index in [2.05, 4.69) is 29.1 Å². The van der Waals surface area contributed by atoms with Gasteiger partial charge in [0.1, 0.15) is 11.5 Å². The summed E-state index contributed by atoms with van der Waals surface area (Å²) in [6.45, 7) is 4.17. The van der Waals surface area contributed by atoms with Crippen LogP contribution in [0.15, 0.2) is 79.1 Å². The molecule has 37 heavy (non-hydrogen) atoms. The highest BCUT2D eigenvalue weighted by molar-refractivity contribution is 6.13. The van der Waals surface area contributed by atoms with Crippen LogP contribution in [-0.4, -0.2) is 30.1 Å². The van der Waals surface area contributed by atoms with Gasteiger partial charge < -0.3 is 19.5 Å². The molecule has 0 atom stereocenters. The number of rotatable bonds is 7. The molecule has 0 unspecified atom stereocenters. The van der Waals surface area contributed by atoms with Gasteiger partial charge in [-0.3, -0.25) is 14.8 Å². The number of nitrogens with one attached hydrogen (secondary N) is 1. The SMILES string of the molecule is COc1cc2nccc(Oc3ccc4c(C(=O)Nc5ccc(C(C)C)nc5)cccc4c3)c2cc1OC. The van der Waals surface area contributed by atoms with Crippen molar-refractivity contribution in [1.29, 1.82) is 0 Å². The maximum Gasteiger partial charge on any atom is 0.256 e. The van der Waals surface area contributed by atoms with Gasteiger partial charge in [-0.15, -0.1) is 0 Å². The minimum Gasteiger partial charge on any atom is -0.493 e. The minimum absolute atomic E-state index is 0.195. The zero-order chi connectivity index (χ0) is 25.9. The van der Waals surface area contributed by atoms with Crippen molar-refractivity contribution < 1.29 is 19.0 Å². The van der Waals surface area contributed by atoms with Crippen molar-refractivity contribution >= 4 is 33.3 Å². The van der Waals surface area contributed by atoms with Crippen LogP contribution in [0.2, 0.25) is 0 Å². The lowest BCUT2D eigenvalue weighted by molar-refractivity contribution is 0.102. The molecule has 7 nitrogen and oxygen atoms in total. The zero-order valence-corrected chi connectivity index (χ0v) is 21.1. The molecule has 1 amide bonds. The van der Waals surface area contributed by atoms with Crippen LogP contribution < -0.4 is 19.5 Å². The Morgan fingerprint density at radius 1 is 0.838 bits per heavy atom. The van der Waals surface area contributed by atoms with E-state index in [1.54, 1.807) is 32.7 Å². The molecule has 0 bridgehead atoms. The number of carbonyl (C=O) groups excluding carboxylic acids is 1. The molecule has 0 fully saturated rings. The summed E-state index contributed by atoms with van der Waals surface area (Å²) in [5.74, 6) is 2.60. The Balaban J connectivity index is 1.43. The van der Waals surface area contributed by atoms with Gasteiger partial charge in [0.05, 0.1) is 31.6 Å². The largest absolute Gasteiger partial charge is 0.493 e. The summed E-state index contributed by atoms with van der Waals surface area (Å²) >= 11 is 0. The fourth-order valence-electron chi connectivity index (χ4n) is 4.21. The fraction of sp³-hybridized carbons (Fsp3) is 0.167. The number of hydrogen-bond donors (Lipinski definition) is 1. The highest BCUT2D eigenvalue weighted by Crippen LogP contribution is 2.37. The molecule has 0 radical (unpaired) electrons. The van der Waals surface area contributed by atoms with Crippen molar-refractivity contribution in [3.63, 3.8) is 0 Å². The predicted molar refractivity (Wildman–Crippen MR) is 145 cm³/mol. The highest BCUT2D eigenvalue weighted by atomic mass is 16.5. The van der Waals surface area contributed by atoms with Gasteiger partial charge in [-0.05, 0) is 65.2 Å². The van der Waals surface area contributed by atoms with E-state index in [1.807, 2.05) is 60.7 Å². The number of anilines is 1. The lowest BCUT2D eigenvalue weighted by Gasteiger charge is -2.13. The Bertz CT molecular complexity index is 1600. The Hall–Kier alpha value is -4.65. The van der Waals surface area contributed by atoms with Gasteiger partial charge in [0.2, 0.25) is 0 Å². The summed E-state index contributed by atoms with van der Waals surface area (Å²) in [6, 6.07) is 20.6. The van der Waals surface area contributed by atoms with Crippen molar-refractivity contribution in [1.82, 2.24) is 9.97 Å². The van der Waals surface area contributed by atoms with E-state index in [4.69, 9.17) is 14.2 Å². The molecular weight excluding hydrogens is 466 g/mol. The lowest BCUT2D eigenvalue weighted by Crippen LogP contribution is -2.12. The first-order chi connectivity index (χ1) is 18.0. The molecule has 186 valence electrons. The summed E-state index contributed by atoms with van der Waals surface area (Å²) in [7, 11) is 3.18. The minimum atomic E-state index is -0.195. The van der Waals surface area contributed by atoms with Crippen LogP contribution in [0.4, 0.5) is 5.69 Å². The van der Waals surface area contributed by atoms with Crippen LogP contribution >= 0.6 is 0 Å². The fourth-order valence-corrected chi connectivity index (χ4v) is 4.21. The third-order valence-corrected chi connectivity index (χ3v) is 6.17. The third kappa shape index (κ3) is 4.89. The molecule has 7 heteroatoms. The van der Waals surface area contributed by atoms with E-state index < -0.39 is 0 Å². The van der Waals surface area contributed by atoms with Gasteiger partial charge in [-0.1, -0.05) is 26.0 Å². The number of ether oxygens (including phenoxy) is 3. The van der Waals surface area contributed by atoms with Crippen LogP contribution in [0.5, 0.6) is 23.0 Å². The summed E-state index contributed by atoms with van der Waals surface area (Å²) < 4.78 is 17.1. The maximum absolute atomic E-state index is 13.1. The molecule has 0 saturated heterocycles. The Kier molecular flexibility index (Phi) is 6.60. The summed E-state index contributed by atoms with van der Waals surface area (Å²) in [6.07, 6.45) is 3.38. The Morgan fingerprint density at radius 2 is 1.65 bits per heavy atom. The summed E-state index contributed by atoms with van der Waals surface area (Å²) in [5, 5.41) is 5.46. The number of fused-ring (bicyclic) bond motifs is 2. The number of hydrogen-bond acceptors (Lipinski definition) is 6. The molecule has 1 N–H and O–H groups in total. The molecule has 2 heterocycles. The van der Waals surface area contributed by atoms with Crippen molar-refractivity contribution in [2.24, 2.45) is 0 Å². The zero-order valence-electron chi connectivity index (χ0n) is 21.1. The van der Waals surface area contributed by atoms with Gasteiger partial charge in [0.25, 0.3) is 5.91 Å². The van der Waals surface area contributed by atoms with E-state index in [0.717, 1.165) is 27.4 Å². The smallest absolute Gasteiger partial charge is 0.256 e. The van der Waals surface area contributed by atoms with Crippen molar-refractivity contribution in [3.05, 3.63) is 90.4 Å². The molecule has 5 rings (SSSR count). The average Bonchev–Trinajstić information content (AvgIpc) is 2.92. The van der Waals surface area contributed by atoms with Gasteiger partial charge in [0, 0.05) is 28.9 Å². The third-order valence-electron chi connectivity index (χ3n) is 6.17. The summed E-state index contributed by atoms with van der Waals surface area (Å²) in [5.41, 5.74) is 2.94. The van der Waals surface area contributed by atoms with E-state index >= 15 is 0 Å². The number of amides is 1. The number of methoxy groups -OCH3 is 2. The predicted octanol–water partition coefficient (Wildman–Crippen LogP) is 6.97. The van der Waals surface area contributed by atoms with E-state index in [0.29, 0.717) is 40.2 Å². The van der Waals surface area contributed by atoms with Crippen LogP contribution in [0.3, 0.4) is 0 Å². The molecule has 3 aromatic carbocycles. The topological polar surface area (TPSA) is 82.6 Å². The number of nitrogens with zero attached hydrogens (tertiary/aromatic N) is 2.